The van der Waals surface area contributed by atoms with Crippen LogP contribution in [0.15, 0.2) is 48.5 Å². The number of amides is 2. The van der Waals surface area contributed by atoms with E-state index in [1.165, 1.54) is 22.3 Å². The van der Waals surface area contributed by atoms with Crippen LogP contribution < -0.4 is 5.32 Å². The minimum atomic E-state index is -0.826. The largest absolute Gasteiger partial charge is 0.481 e. The molecule has 0 bridgehead atoms. The zero-order chi connectivity index (χ0) is 24.9. The Kier molecular flexibility index (Phi) is 7.73. The highest BCUT2D eigenvalue weighted by molar-refractivity contribution is 5.80. The lowest BCUT2D eigenvalue weighted by Gasteiger charge is -2.26. The number of nitrogens with one attached hydrogen (secondary N) is 1. The Bertz CT molecular complexity index is 1040. The number of alkyl carbamates (subject to hydrolysis) is 1. The summed E-state index contributed by atoms with van der Waals surface area (Å²) in [6.07, 6.45) is 1.66. The zero-order valence-electron chi connectivity index (χ0n) is 20.4. The van der Waals surface area contributed by atoms with E-state index in [-0.39, 0.29) is 30.4 Å². The fourth-order valence-electron chi connectivity index (χ4n) is 5.48. The van der Waals surface area contributed by atoms with Crippen molar-refractivity contribution in [3.05, 3.63) is 59.7 Å². The van der Waals surface area contributed by atoms with Gasteiger partial charge in [0.05, 0.1) is 5.92 Å². The van der Waals surface area contributed by atoms with Gasteiger partial charge in [-0.15, -0.1) is 0 Å². The van der Waals surface area contributed by atoms with Gasteiger partial charge in [0, 0.05) is 31.5 Å². The molecule has 4 rings (SSSR count). The number of carbonyl (C=O) groups is 3. The first-order valence-electron chi connectivity index (χ1n) is 12.5. The molecule has 2 amide bonds. The maximum atomic E-state index is 12.7. The molecule has 0 spiro atoms. The van der Waals surface area contributed by atoms with Gasteiger partial charge in [0.15, 0.2) is 0 Å². The van der Waals surface area contributed by atoms with Gasteiger partial charge in [-0.3, -0.25) is 9.59 Å². The lowest BCUT2D eigenvalue weighted by molar-refractivity contribution is -0.143. The molecule has 7 nitrogen and oxygen atoms in total. The standard InChI is InChI=1S/C28H34N2O5/c1-3-25-23(27(32)33)14-15-30(25)26(31)13-12-18(2)16-29-28(34)35-17-24-21-10-6-4-8-19(21)20-9-5-7-11-22(20)24/h4-11,18,23-25H,3,12-17H2,1-2H3,(H,29,34)(H,32,33). The third-order valence-corrected chi connectivity index (χ3v) is 7.39. The average molecular weight is 479 g/mol. The Morgan fingerprint density at radius 2 is 1.71 bits per heavy atom. The van der Waals surface area contributed by atoms with Crippen molar-refractivity contribution in [1.29, 1.82) is 0 Å². The fraction of sp³-hybridized carbons (Fsp3) is 0.464. The van der Waals surface area contributed by atoms with Crippen LogP contribution in [0, 0.1) is 11.8 Å². The van der Waals surface area contributed by atoms with Gasteiger partial charge < -0.3 is 20.1 Å². The van der Waals surface area contributed by atoms with Crippen LogP contribution in [0.3, 0.4) is 0 Å². The molecule has 0 saturated carbocycles. The molecule has 1 aliphatic carbocycles. The first kappa shape index (κ1) is 24.8. The summed E-state index contributed by atoms with van der Waals surface area (Å²) in [6.45, 7) is 5.09. The fourth-order valence-corrected chi connectivity index (χ4v) is 5.48. The van der Waals surface area contributed by atoms with Crippen LogP contribution >= 0.6 is 0 Å². The molecule has 3 unspecified atom stereocenters. The first-order chi connectivity index (χ1) is 16.9. The molecule has 2 aromatic carbocycles. The predicted octanol–water partition coefficient (Wildman–Crippen LogP) is 4.65. The Morgan fingerprint density at radius 3 is 2.31 bits per heavy atom. The van der Waals surface area contributed by atoms with E-state index in [1.54, 1.807) is 4.90 Å². The maximum Gasteiger partial charge on any atom is 0.407 e. The Hall–Kier alpha value is -3.35. The second-order valence-corrected chi connectivity index (χ2v) is 9.65. The first-order valence-corrected chi connectivity index (χ1v) is 12.5. The molecule has 35 heavy (non-hydrogen) atoms. The van der Waals surface area contributed by atoms with Crippen LogP contribution in [-0.2, 0) is 14.3 Å². The van der Waals surface area contributed by atoms with Crippen LogP contribution in [0.1, 0.15) is 56.6 Å². The smallest absolute Gasteiger partial charge is 0.407 e. The van der Waals surface area contributed by atoms with Gasteiger partial charge in [0.1, 0.15) is 6.61 Å². The van der Waals surface area contributed by atoms with Crippen molar-refractivity contribution in [2.75, 3.05) is 19.7 Å². The number of fused-ring (bicyclic) bond motifs is 3. The van der Waals surface area contributed by atoms with Crippen LogP contribution in [0.5, 0.6) is 0 Å². The number of benzene rings is 2. The van der Waals surface area contributed by atoms with Crippen LogP contribution in [0.2, 0.25) is 0 Å². The number of hydrogen-bond donors (Lipinski definition) is 2. The summed E-state index contributed by atoms with van der Waals surface area (Å²) in [6, 6.07) is 16.2. The summed E-state index contributed by atoms with van der Waals surface area (Å²) in [5.74, 6) is -1.19. The van der Waals surface area contributed by atoms with Gasteiger partial charge in [-0.25, -0.2) is 4.79 Å². The van der Waals surface area contributed by atoms with Crippen LogP contribution in [0.25, 0.3) is 11.1 Å². The van der Waals surface area contributed by atoms with E-state index in [4.69, 9.17) is 4.74 Å². The van der Waals surface area contributed by atoms with E-state index in [1.807, 2.05) is 38.1 Å². The lowest BCUT2D eigenvalue weighted by atomic mass is 9.98. The Morgan fingerprint density at radius 1 is 1.09 bits per heavy atom. The van der Waals surface area contributed by atoms with Crippen molar-refractivity contribution in [2.24, 2.45) is 11.8 Å². The SMILES string of the molecule is CCC1C(C(=O)O)CCN1C(=O)CCC(C)CNC(=O)OCC1c2ccccc2-c2ccccc21. The molecule has 3 atom stereocenters. The molecule has 0 aromatic heterocycles. The Balaban J connectivity index is 1.22. The summed E-state index contributed by atoms with van der Waals surface area (Å²) in [5, 5.41) is 12.2. The minimum absolute atomic E-state index is 0.00593. The highest BCUT2D eigenvalue weighted by Gasteiger charge is 2.39. The molecular formula is C28H34N2O5. The molecule has 7 heteroatoms. The quantitative estimate of drug-likeness (QED) is 0.547. The second kappa shape index (κ2) is 10.9. The van der Waals surface area contributed by atoms with Gasteiger partial charge in [0.2, 0.25) is 5.91 Å². The van der Waals surface area contributed by atoms with Crippen molar-refractivity contribution in [3.8, 4) is 11.1 Å². The average Bonchev–Trinajstić information content (AvgIpc) is 3.44. The van der Waals surface area contributed by atoms with E-state index in [9.17, 15) is 19.5 Å². The molecule has 2 N–H and O–H groups in total. The van der Waals surface area contributed by atoms with Gasteiger partial charge in [-0.1, -0.05) is 62.4 Å². The summed E-state index contributed by atoms with van der Waals surface area (Å²) in [5.41, 5.74) is 4.72. The number of carbonyl (C=O) groups excluding carboxylic acids is 2. The number of rotatable bonds is 9. The summed E-state index contributed by atoms with van der Waals surface area (Å²) < 4.78 is 5.58. The van der Waals surface area contributed by atoms with E-state index in [0.29, 0.717) is 38.8 Å². The molecule has 2 aromatic rings. The van der Waals surface area contributed by atoms with E-state index in [2.05, 4.69) is 29.6 Å². The third-order valence-electron chi connectivity index (χ3n) is 7.39. The van der Waals surface area contributed by atoms with Crippen molar-refractivity contribution in [2.45, 2.75) is 51.5 Å². The van der Waals surface area contributed by atoms with Gasteiger partial charge in [-0.2, -0.15) is 0 Å². The number of ether oxygens (including phenoxy) is 1. The molecular weight excluding hydrogens is 444 g/mol. The number of carboxylic acid groups (broad SMARTS) is 1. The number of nitrogens with zero attached hydrogens (tertiary/aromatic N) is 1. The predicted molar refractivity (Wildman–Crippen MR) is 133 cm³/mol. The van der Waals surface area contributed by atoms with Crippen molar-refractivity contribution in [3.63, 3.8) is 0 Å². The monoisotopic (exact) mass is 478 g/mol. The number of likely N-dealkylation sites (tertiary alicyclic amines) is 1. The normalized spacial score (nSPS) is 19.7. The molecule has 1 saturated heterocycles. The third kappa shape index (κ3) is 5.34. The molecule has 186 valence electrons. The van der Waals surface area contributed by atoms with E-state index >= 15 is 0 Å². The van der Waals surface area contributed by atoms with Gasteiger partial charge in [0.25, 0.3) is 0 Å². The van der Waals surface area contributed by atoms with E-state index in [0.717, 1.165) is 0 Å². The Labute approximate surface area is 206 Å². The van der Waals surface area contributed by atoms with Crippen molar-refractivity contribution >= 4 is 18.0 Å². The summed E-state index contributed by atoms with van der Waals surface area (Å²) in [7, 11) is 0. The number of hydrogen-bond acceptors (Lipinski definition) is 4. The zero-order valence-corrected chi connectivity index (χ0v) is 20.4. The number of carboxylic acids is 1. The number of aliphatic carboxylic acids is 1. The molecule has 1 heterocycles. The highest BCUT2D eigenvalue weighted by Crippen LogP contribution is 2.44. The molecule has 1 aliphatic heterocycles. The second-order valence-electron chi connectivity index (χ2n) is 9.65. The van der Waals surface area contributed by atoms with Gasteiger partial charge >= 0.3 is 12.1 Å². The maximum absolute atomic E-state index is 12.7. The highest BCUT2D eigenvalue weighted by atomic mass is 16.5. The lowest BCUT2D eigenvalue weighted by Crippen LogP contribution is -2.39. The topological polar surface area (TPSA) is 95.9 Å². The van der Waals surface area contributed by atoms with Gasteiger partial charge in [-0.05, 0) is 47.4 Å². The van der Waals surface area contributed by atoms with Crippen LogP contribution in [-0.4, -0.2) is 53.7 Å². The molecule has 0 radical (unpaired) electrons. The van der Waals surface area contributed by atoms with Crippen LogP contribution in [0.4, 0.5) is 4.79 Å². The van der Waals surface area contributed by atoms with Crippen molar-refractivity contribution < 1.29 is 24.2 Å². The van der Waals surface area contributed by atoms with Crippen molar-refractivity contribution in [1.82, 2.24) is 10.2 Å². The summed E-state index contributed by atoms with van der Waals surface area (Å²) >= 11 is 0. The summed E-state index contributed by atoms with van der Waals surface area (Å²) in [4.78, 5) is 38.2. The minimum Gasteiger partial charge on any atom is -0.481 e. The molecule has 2 aliphatic rings. The van der Waals surface area contributed by atoms with E-state index < -0.39 is 18.0 Å². The molecule has 1 fully saturated rings.